The summed E-state index contributed by atoms with van der Waals surface area (Å²) in [5.74, 6) is 0.359. The minimum absolute atomic E-state index is 0.0629. The average Bonchev–Trinajstić information content (AvgIpc) is 3.35. The number of nitriles is 1. The molecular formula is C24H20FN5O2. The van der Waals surface area contributed by atoms with Gasteiger partial charge in [0.15, 0.2) is 0 Å². The van der Waals surface area contributed by atoms with E-state index in [2.05, 4.69) is 20.8 Å². The van der Waals surface area contributed by atoms with E-state index in [0.717, 1.165) is 27.7 Å². The van der Waals surface area contributed by atoms with Gasteiger partial charge >= 0.3 is 0 Å². The minimum Gasteiger partial charge on any atom is -0.492 e. The molecule has 0 bridgehead atoms. The Morgan fingerprint density at radius 2 is 2.03 bits per heavy atom. The maximum atomic E-state index is 13.1. The highest BCUT2D eigenvalue weighted by Crippen LogP contribution is 2.45. The van der Waals surface area contributed by atoms with Crippen LogP contribution in [0.25, 0.3) is 10.9 Å². The third-order valence-electron chi connectivity index (χ3n) is 5.67. The lowest BCUT2D eigenvalue weighted by Gasteiger charge is -2.23. The van der Waals surface area contributed by atoms with Crippen molar-refractivity contribution in [3.05, 3.63) is 88.8 Å². The number of aromatic nitrogens is 3. The number of nitrogens with two attached hydrogens (primary N) is 1. The summed E-state index contributed by atoms with van der Waals surface area (Å²) in [5.41, 5.74) is 10.0. The van der Waals surface area contributed by atoms with Crippen molar-refractivity contribution in [3.63, 3.8) is 0 Å². The van der Waals surface area contributed by atoms with E-state index in [1.807, 2.05) is 37.4 Å². The van der Waals surface area contributed by atoms with Crippen molar-refractivity contribution in [1.82, 2.24) is 14.8 Å². The fraction of sp³-hybridized carbons (Fsp3) is 0.167. The fourth-order valence-electron chi connectivity index (χ4n) is 4.19. The molecule has 0 fully saturated rings. The number of hydrogen-bond acceptors (Lipinski definition) is 5. The molecule has 0 radical (unpaired) electrons. The molecule has 3 N–H and O–H groups in total. The van der Waals surface area contributed by atoms with Crippen LogP contribution in [-0.4, -0.2) is 21.4 Å². The van der Waals surface area contributed by atoms with Crippen molar-refractivity contribution in [2.45, 2.75) is 19.4 Å². The summed E-state index contributed by atoms with van der Waals surface area (Å²) in [6.45, 7) is 2.87. The van der Waals surface area contributed by atoms with Gasteiger partial charge in [-0.25, -0.2) is 4.39 Å². The predicted molar refractivity (Wildman–Crippen MR) is 116 cm³/mol. The van der Waals surface area contributed by atoms with Gasteiger partial charge in [0.25, 0.3) is 0 Å². The van der Waals surface area contributed by atoms with Gasteiger partial charge < -0.3 is 19.8 Å². The van der Waals surface area contributed by atoms with Crippen LogP contribution in [0.15, 0.2) is 66.2 Å². The zero-order valence-corrected chi connectivity index (χ0v) is 17.3. The maximum Gasteiger partial charge on any atom is 0.244 e. The van der Waals surface area contributed by atoms with Crippen LogP contribution in [0.2, 0.25) is 0 Å². The molecule has 8 heteroatoms. The minimum atomic E-state index is -0.397. The smallest absolute Gasteiger partial charge is 0.244 e. The highest BCUT2D eigenvalue weighted by Gasteiger charge is 2.35. The number of benzene rings is 2. The molecule has 2 aromatic carbocycles. The number of aryl methyl sites for hydroxylation is 1. The monoisotopic (exact) mass is 429 g/mol. The molecule has 3 heterocycles. The van der Waals surface area contributed by atoms with Crippen molar-refractivity contribution in [2.75, 3.05) is 6.61 Å². The Labute approximate surface area is 183 Å². The Bertz CT molecular complexity index is 1380. The summed E-state index contributed by atoms with van der Waals surface area (Å²) in [7, 11) is 0. The Morgan fingerprint density at radius 3 is 2.81 bits per heavy atom. The SMILES string of the molecule is Cc1[nH]nc2c1[C@H](c1cn(CCOc3ccc(F)cc3)c3ccccc13)C(C#N)=C(N)O2. The van der Waals surface area contributed by atoms with Crippen molar-refractivity contribution < 1.29 is 13.9 Å². The van der Waals surface area contributed by atoms with Crippen LogP contribution in [0.3, 0.4) is 0 Å². The summed E-state index contributed by atoms with van der Waals surface area (Å²) >= 11 is 0. The van der Waals surface area contributed by atoms with Crippen molar-refractivity contribution in [2.24, 2.45) is 5.73 Å². The number of nitrogens with zero attached hydrogens (tertiary/aromatic N) is 3. The van der Waals surface area contributed by atoms with E-state index in [9.17, 15) is 9.65 Å². The number of H-pyrrole nitrogens is 1. The zero-order chi connectivity index (χ0) is 22.2. The third kappa shape index (κ3) is 3.24. The molecule has 0 saturated heterocycles. The summed E-state index contributed by atoms with van der Waals surface area (Å²) in [5, 5.41) is 18.0. The number of rotatable bonds is 5. The van der Waals surface area contributed by atoms with Crippen LogP contribution in [-0.2, 0) is 6.54 Å². The van der Waals surface area contributed by atoms with Gasteiger partial charge in [-0.15, -0.1) is 5.10 Å². The van der Waals surface area contributed by atoms with Gasteiger partial charge in [-0.3, -0.25) is 5.10 Å². The summed E-state index contributed by atoms with van der Waals surface area (Å²) in [4.78, 5) is 0. The van der Waals surface area contributed by atoms with E-state index in [4.69, 9.17) is 15.2 Å². The van der Waals surface area contributed by atoms with Crippen molar-refractivity contribution in [3.8, 4) is 17.7 Å². The first-order valence-electron chi connectivity index (χ1n) is 10.2. The van der Waals surface area contributed by atoms with Gasteiger partial charge in [0.2, 0.25) is 11.8 Å². The van der Waals surface area contributed by atoms with Crippen molar-refractivity contribution in [1.29, 1.82) is 5.26 Å². The number of aromatic amines is 1. The summed E-state index contributed by atoms with van der Waals surface area (Å²) in [6.07, 6.45) is 2.02. The molecule has 4 aromatic rings. The van der Waals surface area contributed by atoms with Crippen LogP contribution < -0.4 is 15.2 Å². The Kier molecular flexibility index (Phi) is 4.79. The quantitative estimate of drug-likeness (QED) is 0.497. The number of nitrogens with one attached hydrogen (secondary N) is 1. The van der Waals surface area contributed by atoms with Crippen LogP contribution in [0.5, 0.6) is 11.6 Å². The highest BCUT2D eigenvalue weighted by molar-refractivity contribution is 5.86. The van der Waals surface area contributed by atoms with E-state index >= 15 is 0 Å². The van der Waals surface area contributed by atoms with Crippen molar-refractivity contribution >= 4 is 10.9 Å². The first kappa shape index (κ1) is 19.7. The second-order valence-electron chi connectivity index (χ2n) is 7.59. The molecule has 5 rings (SSSR count). The molecule has 1 aliphatic rings. The molecule has 0 spiro atoms. The van der Waals surface area contributed by atoms with Gasteiger partial charge in [-0.05, 0) is 42.8 Å². The molecule has 32 heavy (non-hydrogen) atoms. The summed E-state index contributed by atoms with van der Waals surface area (Å²) < 4.78 is 26.6. The second-order valence-corrected chi connectivity index (χ2v) is 7.59. The van der Waals surface area contributed by atoms with E-state index in [1.165, 1.54) is 12.1 Å². The lowest BCUT2D eigenvalue weighted by Crippen LogP contribution is -2.21. The Morgan fingerprint density at radius 1 is 1.25 bits per heavy atom. The van der Waals surface area contributed by atoms with Crippen LogP contribution in [0.4, 0.5) is 4.39 Å². The number of hydrogen-bond donors (Lipinski definition) is 2. The van der Waals surface area contributed by atoms with Crippen LogP contribution in [0, 0.1) is 24.1 Å². The van der Waals surface area contributed by atoms with Gasteiger partial charge in [0.1, 0.15) is 29.8 Å². The lowest BCUT2D eigenvalue weighted by molar-refractivity contribution is 0.300. The molecule has 160 valence electrons. The van der Waals surface area contributed by atoms with Crippen LogP contribution in [0.1, 0.15) is 22.7 Å². The molecule has 0 amide bonds. The maximum absolute atomic E-state index is 13.1. The standard InChI is InChI=1S/C24H20FN5O2/c1-14-21-22(18(12-26)23(27)32-24(21)29-28-14)19-13-30(20-5-3-2-4-17(19)20)10-11-31-16-8-6-15(25)7-9-16/h2-9,13,22H,10-11,27H2,1H3,(H,28,29)/t22-/m0/s1. The van der Waals surface area contributed by atoms with Gasteiger partial charge in [0.05, 0.1) is 12.5 Å². The van der Waals surface area contributed by atoms with Gasteiger partial charge in [-0.1, -0.05) is 18.2 Å². The van der Waals surface area contributed by atoms with Gasteiger partial charge in [-0.2, -0.15) is 5.26 Å². The molecule has 0 unspecified atom stereocenters. The van der Waals surface area contributed by atoms with E-state index in [-0.39, 0.29) is 11.7 Å². The highest BCUT2D eigenvalue weighted by atomic mass is 19.1. The predicted octanol–water partition coefficient (Wildman–Crippen LogP) is 4.11. The Balaban J connectivity index is 1.53. The lowest BCUT2D eigenvalue weighted by atomic mass is 9.84. The first-order chi connectivity index (χ1) is 15.6. The number of fused-ring (bicyclic) bond motifs is 2. The largest absolute Gasteiger partial charge is 0.492 e. The van der Waals surface area contributed by atoms with Crippen LogP contribution >= 0.6 is 0 Å². The third-order valence-corrected chi connectivity index (χ3v) is 5.67. The summed E-state index contributed by atoms with van der Waals surface area (Å²) in [6, 6.07) is 16.2. The number of para-hydroxylation sites is 1. The normalized spacial score (nSPS) is 15.3. The molecule has 7 nitrogen and oxygen atoms in total. The molecule has 2 aromatic heterocycles. The molecule has 0 aliphatic carbocycles. The van der Waals surface area contributed by atoms with E-state index < -0.39 is 5.92 Å². The Hall–Kier alpha value is -4.25. The second kappa shape index (κ2) is 7.78. The zero-order valence-electron chi connectivity index (χ0n) is 17.3. The van der Waals surface area contributed by atoms with E-state index in [0.29, 0.717) is 30.4 Å². The first-order valence-corrected chi connectivity index (χ1v) is 10.2. The average molecular weight is 429 g/mol. The molecule has 1 atom stereocenters. The fourth-order valence-corrected chi connectivity index (χ4v) is 4.19. The van der Waals surface area contributed by atoms with Gasteiger partial charge in [0, 0.05) is 28.4 Å². The topological polar surface area (TPSA) is 102 Å². The molecular weight excluding hydrogens is 409 g/mol. The number of ether oxygens (including phenoxy) is 2. The van der Waals surface area contributed by atoms with E-state index in [1.54, 1.807) is 12.1 Å². The number of halogens is 1. The number of allylic oxidation sites excluding steroid dienone is 1. The molecule has 1 aliphatic heterocycles. The molecule has 0 saturated carbocycles.